The summed E-state index contributed by atoms with van der Waals surface area (Å²) in [5.74, 6) is 0. The van der Waals surface area contributed by atoms with E-state index in [1.807, 2.05) is 26.0 Å². The fourth-order valence-corrected chi connectivity index (χ4v) is 2.10. The predicted octanol–water partition coefficient (Wildman–Crippen LogP) is 4.98. The summed E-state index contributed by atoms with van der Waals surface area (Å²) in [5.41, 5.74) is 0.699. The summed E-state index contributed by atoms with van der Waals surface area (Å²) in [4.78, 5) is 0. The van der Waals surface area contributed by atoms with Crippen LogP contribution in [-0.2, 0) is 4.74 Å². The minimum Gasteiger partial charge on any atom is -0.384 e. The highest BCUT2D eigenvalue weighted by Crippen LogP contribution is 2.35. The van der Waals surface area contributed by atoms with Crippen molar-refractivity contribution >= 4 is 44.8 Å². The second kappa shape index (κ2) is 6.28. The minimum absolute atomic E-state index is 0.140. The van der Waals surface area contributed by atoms with E-state index < -0.39 is 0 Å². The number of anilines is 1. The van der Waals surface area contributed by atoms with Crippen LogP contribution in [0.15, 0.2) is 16.6 Å². The lowest BCUT2D eigenvalue weighted by Gasteiger charge is -2.23. The number of methoxy groups -OCH3 is 1. The van der Waals surface area contributed by atoms with Crippen LogP contribution in [0.5, 0.6) is 0 Å². The molecule has 96 valence electrons. The highest BCUT2D eigenvalue weighted by atomic mass is 79.9. The van der Waals surface area contributed by atoms with Crippen molar-refractivity contribution in [3.8, 4) is 0 Å². The Morgan fingerprint density at radius 3 is 2.53 bits per heavy atom. The van der Waals surface area contributed by atoms with Crippen LogP contribution >= 0.6 is 39.1 Å². The number of rotatable bonds is 5. The van der Waals surface area contributed by atoms with Gasteiger partial charge in [0.25, 0.3) is 0 Å². The molecule has 2 nitrogen and oxygen atoms in total. The normalized spacial score (nSPS) is 11.6. The van der Waals surface area contributed by atoms with Crippen molar-refractivity contribution in [2.45, 2.75) is 25.9 Å². The Labute approximate surface area is 121 Å². The first kappa shape index (κ1) is 15.1. The van der Waals surface area contributed by atoms with Crippen LogP contribution in [0.1, 0.15) is 20.3 Å². The SMILES string of the molecule is COC(C)(C)CCNc1ccc(Br)c(Cl)c1Cl. The van der Waals surface area contributed by atoms with Gasteiger partial charge in [0.1, 0.15) is 0 Å². The molecule has 1 aromatic rings. The van der Waals surface area contributed by atoms with Crippen LogP contribution in [0, 0.1) is 0 Å². The molecule has 1 aromatic carbocycles. The molecule has 0 aliphatic carbocycles. The number of benzene rings is 1. The van der Waals surface area contributed by atoms with E-state index in [0.717, 1.165) is 23.1 Å². The van der Waals surface area contributed by atoms with E-state index in [0.29, 0.717) is 10.0 Å². The number of nitrogens with one attached hydrogen (secondary N) is 1. The second-order valence-corrected chi connectivity index (χ2v) is 5.97. The van der Waals surface area contributed by atoms with E-state index in [-0.39, 0.29) is 5.60 Å². The number of hydrogen-bond acceptors (Lipinski definition) is 2. The van der Waals surface area contributed by atoms with Crippen molar-refractivity contribution < 1.29 is 4.74 Å². The van der Waals surface area contributed by atoms with Gasteiger partial charge in [0, 0.05) is 18.1 Å². The first-order chi connectivity index (χ1) is 7.87. The Morgan fingerprint density at radius 1 is 1.29 bits per heavy atom. The number of ether oxygens (including phenoxy) is 1. The van der Waals surface area contributed by atoms with Gasteiger partial charge in [-0.05, 0) is 48.3 Å². The first-order valence-corrected chi connectivity index (χ1v) is 6.85. The summed E-state index contributed by atoms with van der Waals surface area (Å²) in [6.07, 6.45) is 0.882. The van der Waals surface area contributed by atoms with Crippen LogP contribution in [-0.4, -0.2) is 19.3 Å². The summed E-state index contributed by atoms with van der Waals surface area (Å²) in [6.45, 7) is 4.87. The fraction of sp³-hybridized carbons (Fsp3) is 0.500. The molecule has 0 saturated carbocycles. The molecule has 0 amide bonds. The predicted molar refractivity (Wildman–Crippen MR) is 78.4 cm³/mol. The molecular formula is C12H16BrCl2NO. The van der Waals surface area contributed by atoms with Crippen molar-refractivity contribution in [1.82, 2.24) is 0 Å². The molecule has 0 heterocycles. The Morgan fingerprint density at radius 2 is 1.94 bits per heavy atom. The molecule has 0 bridgehead atoms. The van der Waals surface area contributed by atoms with Gasteiger partial charge in [0.05, 0.1) is 21.3 Å². The molecule has 0 radical (unpaired) electrons. The van der Waals surface area contributed by atoms with E-state index in [9.17, 15) is 0 Å². The lowest BCUT2D eigenvalue weighted by atomic mass is 10.1. The second-order valence-electron chi connectivity index (χ2n) is 4.36. The summed E-state index contributed by atoms with van der Waals surface area (Å²) in [5, 5.41) is 4.32. The first-order valence-electron chi connectivity index (χ1n) is 5.30. The Balaban J connectivity index is 2.62. The summed E-state index contributed by atoms with van der Waals surface area (Å²) >= 11 is 15.5. The number of halogens is 3. The smallest absolute Gasteiger partial charge is 0.0835 e. The maximum absolute atomic E-state index is 6.13. The zero-order chi connectivity index (χ0) is 13.1. The van der Waals surface area contributed by atoms with Gasteiger partial charge in [-0.3, -0.25) is 0 Å². The minimum atomic E-state index is -0.140. The van der Waals surface area contributed by atoms with Gasteiger partial charge in [-0.1, -0.05) is 23.2 Å². The molecular weight excluding hydrogens is 325 g/mol. The van der Waals surface area contributed by atoms with Gasteiger partial charge in [-0.25, -0.2) is 0 Å². The molecule has 0 aliphatic rings. The van der Waals surface area contributed by atoms with Crippen molar-refractivity contribution in [3.05, 3.63) is 26.7 Å². The molecule has 1 rings (SSSR count). The Hall–Kier alpha value is 0.0400. The molecule has 0 spiro atoms. The van der Waals surface area contributed by atoms with E-state index in [1.54, 1.807) is 7.11 Å². The van der Waals surface area contributed by atoms with E-state index in [1.165, 1.54) is 0 Å². The molecule has 17 heavy (non-hydrogen) atoms. The highest BCUT2D eigenvalue weighted by Gasteiger charge is 2.16. The van der Waals surface area contributed by atoms with Gasteiger partial charge in [0.2, 0.25) is 0 Å². The average Bonchev–Trinajstić information content (AvgIpc) is 2.29. The quantitative estimate of drug-likeness (QED) is 0.763. The van der Waals surface area contributed by atoms with Gasteiger partial charge < -0.3 is 10.1 Å². The number of hydrogen-bond donors (Lipinski definition) is 1. The zero-order valence-corrected chi connectivity index (χ0v) is 13.2. The van der Waals surface area contributed by atoms with Crippen molar-refractivity contribution in [1.29, 1.82) is 0 Å². The molecule has 0 atom stereocenters. The van der Waals surface area contributed by atoms with Gasteiger partial charge in [-0.2, -0.15) is 0 Å². The van der Waals surface area contributed by atoms with Crippen molar-refractivity contribution in [2.75, 3.05) is 19.0 Å². The Bertz CT molecular complexity index is 396. The molecule has 5 heteroatoms. The standard InChI is InChI=1S/C12H16BrCl2NO/c1-12(2,17-3)6-7-16-9-5-4-8(13)10(14)11(9)15/h4-5,16H,6-7H2,1-3H3. The summed E-state index contributed by atoms with van der Waals surface area (Å²) in [6, 6.07) is 3.77. The maximum Gasteiger partial charge on any atom is 0.0835 e. The summed E-state index contributed by atoms with van der Waals surface area (Å²) < 4.78 is 6.14. The third kappa shape index (κ3) is 4.32. The average molecular weight is 341 g/mol. The lowest BCUT2D eigenvalue weighted by Crippen LogP contribution is -2.25. The molecule has 0 saturated heterocycles. The van der Waals surface area contributed by atoms with Crippen LogP contribution < -0.4 is 5.32 Å². The van der Waals surface area contributed by atoms with Crippen LogP contribution in [0.25, 0.3) is 0 Å². The molecule has 0 unspecified atom stereocenters. The third-order valence-corrected chi connectivity index (χ3v) is 4.40. The maximum atomic E-state index is 6.13. The van der Waals surface area contributed by atoms with Crippen LogP contribution in [0.2, 0.25) is 10.0 Å². The van der Waals surface area contributed by atoms with Crippen molar-refractivity contribution in [3.63, 3.8) is 0 Å². The van der Waals surface area contributed by atoms with Crippen molar-refractivity contribution in [2.24, 2.45) is 0 Å². The summed E-state index contributed by atoms with van der Waals surface area (Å²) in [7, 11) is 1.71. The molecule has 0 aliphatic heterocycles. The Kier molecular flexibility index (Phi) is 5.58. The molecule has 0 fully saturated rings. The lowest BCUT2D eigenvalue weighted by molar-refractivity contribution is 0.0185. The van der Waals surface area contributed by atoms with E-state index in [4.69, 9.17) is 27.9 Å². The monoisotopic (exact) mass is 339 g/mol. The van der Waals surface area contributed by atoms with Gasteiger partial charge >= 0.3 is 0 Å². The molecule has 1 N–H and O–H groups in total. The topological polar surface area (TPSA) is 21.3 Å². The van der Waals surface area contributed by atoms with Gasteiger partial charge in [0.15, 0.2) is 0 Å². The van der Waals surface area contributed by atoms with Crippen LogP contribution in [0.4, 0.5) is 5.69 Å². The zero-order valence-electron chi connectivity index (χ0n) is 10.1. The van der Waals surface area contributed by atoms with E-state index in [2.05, 4.69) is 21.2 Å². The third-order valence-electron chi connectivity index (χ3n) is 2.63. The molecule has 0 aromatic heterocycles. The van der Waals surface area contributed by atoms with Crippen LogP contribution in [0.3, 0.4) is 0 Å². The van der Waals surface area contributed by atoms with E-state index >= 15 is 0 Å². The highest BCUT2D eigenvalue weighted by molar-refractivity contribution is 9.10. The largest absolute Gasteiger partial charge is 0.384 e. The fourth-order valence-electron chi connectivity index (χ4n) is 1.26. The van der Waals surface area contributed by atoms with Gasteiger partial charge in [-0.15, -0.1) is 0 Å².